The Kier molecular flexibility index (Phi) is 7.32. The lowest BCUT2D eigenvalue weighted by Crippen LogP contribution is -2.39. The first-order valence-electron chi connectivity index (χ1n) is 11.0. The van der Waals surface area contributed by atoms with Crippen LogP contribution in [0.25, 0.3) is 10.2 Å². The summed E-state index contributed by atoms with van der Waals surface area (Å²) in [7, 11) is 0. The normalized spacial score (nSPS) is 11.2. The summed E-state index contributed by atoms with van der Waals surface area (Å²) >= 11 is 1.31. The molecule has 33 heavy (non-hydrogen) atoms. The van der Waals surface area contributed by atoms with Gasteiger partial charge in [-0.2, -0.15) is 0 Å². The smallest absolute Gasteiger partial charge is 0.263 e. The number of fused-ring (bicyclic) bond motifs is 1. The molecule has 0 bridgehead atoms. The number of halogens is 1. The summed E-state index contributed by atoms with van der Waals surface area (Å²) in [6.07, 6.45) is 0. The minimum Gasteiger partial charge on any atom is -0.457 e. The predicted molar refractivity (Wildman–Crippen MR) is 132 cm³/mol. The molecule has 170 valence electrons. The van der Waals surface area contributed by atoms with Gasteiger partial charge in [0.15, 0.2) is 5.13 Å². The van der Waals surface area contributed by atoms with Gasteiger partial charge in [0.1, 0.15) is 17.3 Å². The van der Waals surface area contributed by atoms with Crippen molar-refractivity contribution in [1.29, 1.82) is 0 Å². The first-order valence-corrected chi connectivity index (χ1v) is 11.8. The summed E-state index contributed by atoms with van der Waals surface area (Å²) in [5.74, 6) is 0.616. The molecular formula is C26H26FN3O2S. The number of aromatic nitrogens is 1. The highest BCUT2D eigenvalue weighted by molar-refractivity contribution is 7.22. The Balaban J connectivity index is 1.70. The third kappa shape index (κ3) is 5.38. The highest BCUT2D eigenvalue weighted by Gasteiger charge is 2.25. The standard InChI is InChI=1S/C26H26FN3O2S/c1-3-29(4-2)16-17-30(26-28-22-15-14-19(27)18-24(22)33-26)25(31)21-12-8-9-13-23(21)32-20-10-6-5-7-11-20/h5-15,18H,3-4,16-17H2,1-2H3. The maximum atomic E-state index is 13.8. The van der Waals surface area contributed by atoms with E-state index in [4.69, 9.17) is 4.74 Å². The largest absolute Gasteiger partial charge is 0.457 e. The molecular weight excluding hydrogens is 437 g/mol. The molecule has 7 heteroatoms. The summed E-state index contributed by atoms with van der Waals surface area (Å²) in [6.45, 7) is 7.13. The molecule has 1 aromatic heterocycles. The van der Waals surface area contributed by atoms with Gasteiger partial charge in [-0.3, -0.25) is 9.69 Å². The number of likely N-dealkylation sites (N-methyl/N-ethyl adjacent to an activating group) is 1. The second-order valence-electron chi connectivity index (χ2n) is 7.50. The number of para-hydroxylation sites is 2. The number of benzene rings is 3. The number of carbonyl (C=O) groups excluding carboxylic acids is 1. The van der Waals surface area contributed by atoms with Crippen LogP contribution in [0.2, 0.25) is 0 Å². The van der Waals surface area contributed by atoms with Gasteiger partial charge in [0.25, 0.3) is 5.91 Å². The molecule has 0 fully saturated rings. The van der Waals surface area contributed by atoms with Gasteiger partial charge in [0, 0.05) is 13.1 Å². The lowest BCUT2D eigenvalue weighted by Gasteiger charge is -2.25. The molecule has 0 saturated carbocycles. The van der Waals surface area contributed by atoms with Crippen molar-refractivity contribution in [3.05, 3.63) is 84.2 Å². The Morgan fingerprint density at radius 3 is 2.45 bits per heavy atom. The lowest BCUT2D eigenvalue weighted by molar-refractivity contribution is 0.0981. The zero-order valence-corrected chi connectivity index (χ0v) is 19.5. The van der Waals surface area contributed by atoms with Crippen molar-refractivity contribution in [2.24, 2.45) is 0 Å². The summed E-state index contributed by atoms with van der Waals surface area (Å²) in [4.78, 5) is 22.4. The zero-order valence-electron chi connectivity index (χ0n) is 18.7. The molecule has 0 spiro atoms. The predicted octanol–water partition coefficient (Wildman–Crippen LogP) is 6.22. The van der Waals surface area contributed by atoms with E-state index in [-0.39, 0.29) is 11.7 Å². The summed E-state index contributed by atoms with van der Waals surface area (Å²) in [6, 6.07) is 21.1. The second kappa shape index (κ2) is 10.6. The molecule has 0 aliphatic rings. The number of hydrogen-bond donors (Lipinski definition) is 0. The fraction of sp³-hybridized carbons (Fsp3) is 0.231. The van der Waals surface area contributed by atoms with Gasteiger partial charge < -0.3 is 9.64 Å². The maximum absolute atomic E-state index is 13.8. The molecule has 0 radical (unpaired) electrons. The quantitative estimate of drug-likeness (QED) is 0.296. The Bertz CT molecular complexity index is 1220. The molecule has 0 unspecified atom stereocenters. The average molecular weight is 464 g/mol. The molecule has 0 saturated heterocycles. The van der Waals surface area contributed by atoms with E-state index in [1.165, 1.54) is 23.5 Å². The zero-order chi connectivity index (χ0) is 23.2. The molecule has 0 aliphatic carbocycles. The number of anilines is 1. The summed E-state index contributed by atoms with van der Waals surface area (Å²) < 4.78 is 20.5. The number of ether oxygens (including phenoxy) is 1. The Hall–Kier alpha value is -3.29. The van der Waals surface area contributed by atoms with E-state index >= 15 is 0 Å². The minimum absolute atomic E-state index is 0.201. The average Bonchev–Trinajstić information content (AvgIpc) is 3.25. The number of nitrogens with zero attached hydrogens (tertiary/aromatic N) is 3. The van der Waals surface area contributed by atoms with Crippen LogP contribution in [-0.2, 0) is 0 Å². The molecule has 1 heterocycles. The summed E-state index contributed by atoms with van der Waals surface area (Å²) in [5, 5.41) is 0.544. The molecule has 1 amide bonds. The Morgan fingerprint density at radius 2 is 1.70 bits per heavy atom. The summed E-state index contributed by atoms with van der Waals surface area (Å²) in [5.41, 5.74) is 1.12. The van der Waals surface area contributed by atoms with Crippen molar-refractivity contribution in [1.82, 2.24) is 9.88 Å². The van der Waals surface area contributed by atoms with Crippen molar-refractivity contribution in [2.45, 2.75) is 13.8 Å². The molecule has 0 aliphatic heterocycles. The molecule has 4 rings (SSSR count). The van der Waals surface area contributed by atoms with Crippen molar-refractivity contribution in [2.75, 3.05) is 31.1 Å². The van der Waals surface area contributed by atoms with Crippen LogP contribution in [-0.4, -0.2) is 42.0 Å². The fourth-order valence-electron chi connectivity index (χ4n) is 3.56. The topological polar surface area (TPSA) is 45.7 Å². The van der Waals surface area contributed by atoms with Gasteiger partial charge in [-0.05, 0) is 55.6 Å². The first-order chi connectivity index (χ1) is 16.1. The van der Waals surface area contributed by atoms with Gasteiger partial charge in [-0.15, -0.1) is 0 Å². The van der Waals surface area contributed by atoms with Crippen LogP contribution in [0.15, 0.2) is 72.8 Å². The van der Waals surface area contributed by atoms with E-state index < -0.39 is 0 Å². The third-order valence-corrected chi connectivity index (χ3v) is 6.48. The van der Waals surface area contributed by atoms with Crippen LogP contribution in [0.4, 0.5) is 9.52 Å². The maximum Gasteiger partial charge on any atom is 0.263 e. The van der Waals surface area contributed by atoms with Crippen molar-refractivity contribution in [3.63, 3.8) is 0 Å². The van der Waals surface area contributed by atoms with Crippen molar-refractivity contribution >= 4 is 32.6 Å². The van der Waals surface area contributed by atoms with E-state index in [1.54, 1.807) is 23.1 Å². The molecule has 0 atom stereocenters. The van der Waals surface area contributed by atoms with Crippen molar-refractivity contribution in [3.8, 4) is 11.5 Å². The number of hydrogen-bond acceptors (Lipinski definition) is 5. The highest BCUT2D eigenvalue weighted by Crippen LogP contribution is 2.32. The SMILES string of the molecule is CCN(CC)CCN(C(=O)c1ccccc1Oc1ccccc1)c1nc2ccc(F)cc2s1. The van der Waals surface area contributed by atoms with Crippen LogP contribution in [0.5, 0.6) is 11.5 Å². The van der Waals surface area contributed by atoms with Crippen LogP contribution in [0, 0.1) is 5.82 Å². The monoisotopic (exact) mass is 463 g/mol. The molecule has 4 aromatic rings. The number of carbonyl (C=O) groups is 1. The number of thiazole rings is 1. The van der Waals surface area contributed by atoms with E-state index in [1.807, 2.05) is 42.5 Å². The van der Waals surface area contributed by atoms with Crippen LogP contribution in [0.1, 0.15) is 24.2 Å². The van der Waals surface area contributed by atoms with Crippen LogP contribution >= 0.6 is 11.3 Å². The first kappa shape index (κ1) is 22.9. The Morgan fingerprint density at radius 1 is 0.970 bits per heavy atom. The number of amides is 1. The van der Waals surface area contributed by atoms with Crippen LogP contribution < -0.4 is 9.64 Å². The highest BCUT2D eigenvalue weighted by atomic mass is 32.1. The fourth-order valence-corrected chi connectivity index (χ4v) is 4.58. The van der Waals surface area contributed by atoms with Gasteiger partial charge in [-0.25, -0.2) is 9.37 Å². The second-order valence-corrected chi connectivity index (χ2v) is 8.51. The van der Waals surface area contributed by atoms with Crippen molar-refractivity contribution < 1.29 is 13.9 Å². The van der Waals surface area contributed by atoms with Gasteiger partial charge in [0.05, 0.1) is 15.8 Å². The number of rotatable bonds is 9. The Labute approximate surface area is 197 Å². The van der Waals surface area contributed by atoms with E-state index in [0.29, 0.717) is 45.5 Å². The molecule has 5 nitrogen and oxygen atoms in total. The molecule has 0 N–H and O–H groups in total. The minimum atomic E-state index is -0.319. The van der Waals surface area contributed by atoms with Gasteiger partial charge >= 0.3 is 0 Å². The van der Waals surface area contributed by atoms with E-state index in [2.05, 4.69) is 23.7 Å². The van der Waals surface area contributed by atoms with Gasteiger partial charge in [0.2, 0.25) is 0 Å². The van der Waals surface area contributed by atoms with Crippen LogP contribution in [0.3, 0.4) is 0 Å². The molecule has 3 aromatic carbocycles. The lowest BCUT2D eigenvalue weighted by atomic mass is 10.1. The van der Waals surface area contributed by atoms with E-state index in [0.717, 1.165) is 13.1 Å². The van der Waals surface area contributed by atoms with E-state index in [9.17, 15) is 9.18 Å². The van der Waals surface area contributed by atoms with Gasteiger partial charge in [-0.1, -0.05) is 55.5 Å². The third-order valence-electron chi connectivity index (χ3n) is 5.44.